The fraction of sp³-hybridized carbons (Fsp3) is 0.279. The standard InChI is InChI=1S/C43H45N2O8P/c1-30(2)52-54(49,53-31(3)4)39-27-26-37(44-28-32(5)40(46)45(42(44)48)41(47)33-18-10-6-11-19-33)38(51-39)29-50-43(34-20-12-7-13-21-34,35-22-14-8-15-23-35)36-24-16-9-17-25-36/h6-28,30-31,37-39H,29H2,1-5H3/t37-,38-,39-/m1/s1. The Morgan fingerprint density at radius 3 is 1.67 bits per heavy atom. The average molecular weight is 749 g/mol. The third-order valence-electron chi connectivity index (χ3n) is 9.03. The summed E-state index contributed by atoms with van der Waals surface area (Å²) in [6.45, 7) is 8.43. The summed E-state index contributed by atoms with van der Waals surface area (Å²) in [7, 11) is -3.96. The molecular formula is C43H45N2O8P. The van der Waals surface area contributed by atoms with Crippen LogP contribution >= 0.6 is 7.60 Å². The molecule has 0 radical (unpaired) electrons. The third kappa shape index (κ3) is 7.94. The number of hydrogen-bond donors (Lipinski definition) is 0. The van der Waals surface area contributed by atoms with Crippen LogP contribution in [0.1, 0.15) is 66.3 Å². The van der Waals surface area contributed by atoms with Gasteiger partial charge >= 0.3 is 13.3 Å². The second kappa shape index (κ2) is 16.6. The molecule has 0 N–H and O–H groups in total. The molecule has 10 nitrogen and oxygen atoms in total. The number of rotatable bonds is 13. The predicted octanol–water partition coefficient (Wildman–Crippen LogP) is 7.88. The molecule has 0 bridgehead atoms. The van der Waals surface area contributed by atoms with Crippen LogP contribution in [-0.4, -0.2) is 45.8 Å². The van der Waals surface area contributed by atoms with E-state index in [0.717, 1.165) is 16.7 Å². The summed E-state index contributed by atoms with van der Waals surface area (Å²) in [5.74, 6) is -1.92. The summed E-state index contributed by atoms with van der Waals surface area (Å²) in [5, 5.41) is 0. The molecule has 4 aromatic carbocycles. The number of hydrogen-bond acceptors (Lipinski definition) is 8. The molecule has 3 atom stereocenters. The first-order valence-corrected chi connectivity index (χ1v) is 19.6. The molecule has 0 unspecified atom stereocenters. The zero-order valence-electron chi connectivity index (χ0n) is 31.0. The van der Waals surface area contributed by atoms with Crippen molar-refractivity contribution in [3.8, 4) is 0 Å². The molecule has 0 amide bonds. The van der Waals surface area contributed by atoms with Gasteiger partial charge in [0.2, 0.25) is 0 Å². The summed E-state index contributed by atoms with van der Waals surface area (Å²) in [6, 6.07) is 36.6. The lowest BCUT2D eigenvalue weighted by molar-refractivity contribution is -0.0882. The van der Waals surface area contributed by atoms with Crippen molar-refractivity contribution in [2.75, 3.05) is 6.61 Å². The van der Waals surface area contributed by atoms with Gasteiger partial charge in [-0.05, 0) is 69.5 Å². The van der Waals surface area contributed by atoms with E-state index in [9.17, 15) is 18.9 Å². The zero-order valence-corrected chi connectivity index (χ0v) is 31.9. The lowest BCUT2D eigenvalue weighted by Crippen LogP contribution is -2.49. The minimum Gasteiger partial charge on any atom is -0.358 e. The Labute approximate surface area is 315 Å². The minimum atomic E-state index is -3.96. The topological polar surface area (TPSA) is 115 Å². The van der Waals surface area contributed by atoms with Gasteiger partial charge in [0.05, 0.1) is 24.9 Å². The van der Waals surface area contributed by atoms with Crippen LogP contribution in [0, 0.1) is 6.92 Å². The van der Waals surface area contributed by atoms with E-state index in [1.807, 2.05) is 91.0 Å². The Kier molecular flexibility index (Phi) is 11.9. The number of benzene rings is 4. The molecule has 280 valence electrons. The van der Waals surface area contributed by atoms with E-state index in [0.29, 0.717) is 4.57 Å². The van der Waals surface area contributed by atoms with Crippen molar-refractivity contribution < 1.29 is 27.9 Å². The van der Waals surface area contributed by atoms with E-state index in [2.05, 4.69) is 0 Å². The van der Waals surface area contributed by atoms with E-state index < -0.39 is 60.6 Å². The Balaban J connectivity index is 1.52. The smallest absolute Gasteiger partial charge is 0.358 e. The molecule has 11 heteroatoms. The van der Waals surface area contributed by atoms with Crippen LogP contribution in [-0.2, 0) is 28.7 Å². The highest BCUT2D eigenvalue weighted by Crippen LogP contribution is 2.57. The van der Waals surface area contributed by atoms with E-state index in [4.69, 9.17) is 18.5 Å². The lowest BCUT2D eigenvalue weighted by atomic mass is 9.80. The predicted molar refractivity (Wildman–Crippen MR) is 208 cm³/mol. The summed E-state index contributed by atoms with van der Waals surface area (Å²) < 4.78 is 42.2. The molecule has 1 aliphatic rings. The van der Waals surface area contributed by atoms with Crippen molar-refractivity contribution in [3.63, 3.8) is 0 Å². The molecule has 0 aliphatic carbocycles. The van der Waals surface area contributed by atoms with Crippen LogP contribution in [0.5, 0.6) is 0 Å². The highest BCUT2D eigenvalue weighted by molar-refractivity contribution is 7.54. The van der Waals surface area contributed by atoms with E-state index >= 15 is 0 Å². The Bertz CT molecular complexity index is 2130. The molecule has 54 heavy (non-hydrogen) atoms. The van der Waals surface area contributed by atoms with Gasteiger partial charge in [0.1, 0.15) is 11.7 Å². The van der Waals surface area contributed by atoms with Gasteiger partial charge in [-0.15, -0.1) is 0 Å². The number of nitrogens with zero attached hydrogens (tertiary/aromatic N) is 2. The molecule has 2 heterocycles. The molecule has 5 aromatic rings. The van der Waals surface area contributed by atoms with Crippen LogP contribution < -0.4 is 11.2 Å². The molecule has 0 saturated heterocycles. The number of carbonyl (C=O) groups excluding carboxylic acids is 1. The van der Waals surface area contributed by atoms with E-state index in [1.165, 1.54) is 10.8 Å². The average Bonchev–Trinajstić information content (AvgIpc) is 3.17. The number of ether oxygens (including phenoxy) is 2. The number of aromatic nitrogens is 2. The highest BCUT2D eigenvalue weighted by Gasteiger charge is 2.45. The van der Waals surface area contributed by atoms with Gasteiger partial charge in [0, 0.05) is 17.3 Å². The molecule has 1 aromatic heterocycles. The Morgan fingerprint density at radius 2 is 1.20 bits per heavy atom. The second-order valence-corrected chi connectivity index (χ2v) is 15.7. The fourth-order valence-electron chi connectivity index (χ4n) is 6.74. The number of carbonyl (C=O) groups is 1. The quantitative estimate of drug-likeness (QED) is 0.0679. The Hall–Kier alpha value is -4.96. The summed E-state index contributed by atoms with van der Waals surface area (Å²) in [4.78, 5) is 41.4. The minimum absolute atomic E-state index is 0.148. The molecular weight excluding hydrogens is 703 g/mol. The van der Waals surface area contributed by atoms with Crippen molar-refractivity contribution in [2.24, 2.45) is 0 Å². The fourth-order valence-corrected chi connectivity index (χ4v) is 8.82. The van der Waals surface area contributed by atoms with E-state index in [1.54, 1.807) is 77.1 Å². The van der Waals surface area contributed by atoms with Crippen molar-refractivity contribution in [2.45, 2.75) is 70.4 Å². The van der Waals surface area contributed by atoms with Gasteiger partial charge in [0.15, 0.2) is 5.85 Å². The van der Waals surface area contributed by atoms with Crippen LogP contribution in [0.15, 0.2) is 149 Å². The van der Waals surface area contributed by atoms with Gasteiger partial charge in [-0.25, -0.2) is 4.79 Å². The van der Waals surface area contributed by atoms with Crippen molar-refractivity contribution in [1.29, 1.82) is 0 Å². The molecule has 0 saturated carbocycles. The van der Waals surface area contributed by atoms with Crippen LogP contribution in [0.25, 0.3) is 0 Å². The summed E-state index contributed by atoms with van der Waals surface area (Å²) in [6.07, 6.45) is 2.73. The second-order valence-electron chi connectivity index (χ2n) is 13.7. The van der Waals surface area contributed by atoms with Crippen LogP contribution in [0.4, 0.5) is 0 Å². The molecule has 0 fully saturated rings. The summed E-state index contributed by atoms with van der Waals surface area (Å²) in [5.41, 5.74) is 0.119. The molecule has 0 spiro atoms. The maximum atomic E-state index is 14.5. The van der Waals surface area contributed by atoms with Gasteiger partial charge < -0.3 is 18.5 Å². The van der Waals surface area contributed by atoms with Crippen molar-refractivity contribution in [3.05, 3.63) is 188 Å². The first-order valence-electron chi connectivity index (χ1n) is 18.0. The van der Waals surface area contributed by atoms with Crippen molar-refractivity contribution in [1.82, 2.24) is 9.13 Å². The van der Waals surface area contributed by atoms with Gasteiger partial charge in [0.25, 0.3) is 11.5 Å². The van der Waals surface area contributed by atoms with Gasteiger partial charge in [-0.3, -0.25) is 18.7 Å². The number of aryl methyl sites for hydroxylation is 1. The maximum absolute atomic E-state index is 14.5. The highest BCUT2D eigenvalue weighted by atomic mass is 31.2. The van der Waals surface area contributed by atoms with Crippen LogP contribution in [0.3, 0.4) is 0 Å². The van der Waals surface area contributed by atoms with Crippen molar-refractivity contribution >= 4 is 13.5 Å². The Morgan fingerprint density at radius 1 is 0.741 bits per heavy atom. The normalized spacial score (nSPS) is 17.6. The SMILES string of the molecule is Cc1cn([C@@H]2C=C[C@@H](P(=O)(OC(C)C)OC(C)C)O[C@@H]2COC(c2ccccc2)(c2ccccc2)c2ccccc2)c(=O)n(C(=O)c2ccccc2)c1=O. The first-order chi connectivity index (χ1) is 25.9. The monoisotopic (exact) mass is 748 g/mol. The van der Waals surface area contributed by atoms with Crippen LogP contribution in [0.2, 0.25) is 0 Å². The maximum Gasteiger partial charge on any atom is 0.363 e. The molecule has 1 aliphatic heterocycles. The van der Waals surface area contributed by atoms with Gasteiger partial charge in [-0.1, -0.05) is 115 Å². The molecule has 6 rings (SSSR count). The zero-order chi connectivity index (χ0) is 38.5. The van der Waals surface area contributed by atoms with E-state index in [-0.39, 0.29) is 17.7 Å². The summed E-state index contributed by atoms with van der Waals surface area (Å²) >= 11 is 0. The lowest BCUT2D eigenvalue weighted by Gasteiger charge is -2.40. The largest absolute Gasteiger partial charge is 0.363 e. The third-order valence-corrected chi connectivity index (χ3v) is 11.4. The van der Waals surface area contributed by atoms with Gasteiger partial charge in [-0.2, -0.15) is 4.57 Å². The first kappa shape index (κ1) is 38.8.